The van der Waals surface area contributed by atoms with Crippen LogP contribution in [-0.4, -0.2) is 23.2 Å². The van der Waals surface area contributed by atoms with E-state index in [4.69, 9.17) is 9.47 Å². The van der Waals surface area contributed by atoms with Crippen LogP contribution in [0.4, 0.5) is 4.79 Å². The summed E-state index contributed by atoms with van der Waals surface area (Å²) in [5.41, 5.74) is 4.70. The number of carbonyl (C=O) groups excluding carboxylic acids is 2. The van der Waals surface area contributed by atoms with Crippen LogP contribution in [0.1, 0.15) is 27.8 Å². The Kier molecular flexibility index (Phi) is 7.73. The van der Waals surface area contributed by atoms with Gasteiger partial charge in [-0.2, -0.15) is 0 Å². The molecule has 5 nitrogen and oxygen atoms in total. The quantitative estimate of drug-likeness (QED) is 0.254. The highest BCUT2D eigenvalue weighted by molar-refractivity contribution is 8.18. The number of hydrogen-bond donors (Lipinski definition) is 0. The second-order valence-corrected chi connectivity index (χ2v) is 9.23. The van der Waals surface area contributed by atoms with E-state index in [-0.39, 0.29) is 17.7 Å². The van der Waals surface area contributed by atoms with Gasteiger partial charge in [0.15, 0.2) is 11.5 Å². The number of aryl methyl sites for hydroxylation is 1. The van der Waals surface area contributed by atoms with Crippen LogP contribution in [0.2, 0.25) is 0 Å². The lowest BCUT2D eigenvalue weighted by molar-refractivity contribution is -0.123. The van der Waals surface area contributed by atoms with Crippen molar-refractivity contribution < 1.29 is 19.1 Å². The van der Waals surface area contributed by atoms with Crippen LogP contribution in [0.15, 0.2) is 84.3 Å². The highest BCUT2D eigenvalue weighted by atomic mass is 32.2. The number of imide groups is 1. The average molecular weight is 486 g/mol. The first-order valence-electron chi connectivity index (χ1n) is 11.3. The molecule has 0 unspecified atom stereocenters. The van der Waals surface area contributed by atoms with E-state index >= 15 is 0 Å². The maximum absolute atomic E-state index is 13.0. The van der Waals surface area contributed by atoms with Gasteiger partial charge in [0.05, 0.1) is 18.6 Å². The normalized spacial score (nSPS) is 14.5. The Morgan fingerprint density at radius 1 is 1.00 bits per heavy atom. The predicted octanol–water partition coefficient (Wildman–Crippen LogP) is 6.55. The van der Waals surface area contributed by atoms with Crippen LogP contribution >= 0.6 is 11.8 Å². The zero-order valence-electron chi connectivity index (χ0n) is 19.8. The van der Waals surface area contributed by atoms with E-state index in [0.29, 0.717) is 29.4 Å². The minimum Gasteiger partial charge on any atom is -0.493 e. The Balaban J connectivity index is 1.59. The van der Waals surface area contributed by atoms with E-state index in [0.717, 1.165) is 39.6 Å². The van der Waals surface area contributed by atoms with Crippen LogP contribution in [-0.2, 0) is 24.4 Å². The van der Waals surface area contributed by atoms with Gasteiger partial charge in [0, 0.05) is 5.56 Å². The number of rotatable bonds is 9. The second-order valence-electron chi connectivity index (χ2n) is 8.24. The molecule has 2 amide bonds. The van der Waals surface area contributed by atoms with E-state index in [1.54, 1.807) is 19.3 Å². The van der Waals surface area contributed by atoms with Crippen molar-refractivity contribution in [3.63, 3.8) is 0 Å². The molecule has 178 valence electrons. The van der Waals surface area contributed by atoms with Gasteiger partial charge < -0.3 is 9.47 Å². The van der Waals surface area contributed by atoms with Gasteiger partial charge in [-0.1, -0.05) is 66.2 Å². The Labute approximate surface area is 210 Å². The van der Waals surface area contributed by atoms with Crippen molar-refractivity contribution in [2.45, 2.75) is 26.5 Å². The first-order valence-corrected chi connectivity index (χ1v) is 12.1. The van der Waals surface area contributed by atoms with E-state index in [1.165, 1.54) is 4.90 Å². The van der Waals surface area contributed by atoms with E-state index in [1.807, 2.05) is 73.7 Å². The Morgan fingerprint density at radius 3 is 2.49 bits per heavy atom. The number of hydrogen-bond acceptors (Lipinski definition) is 5. The van der Waals surface area contributed by atoms with Crippen molar-refractivity contribution >= 4 is 29.0 Å². The van der Waals surface area contributed by atoms with Crippen LogP contribution in [0.25, 0.3) is 6.08 Å². The topological polar surface area (TPSA) is 55.8 Å². The highest BCUT2D eigenvalue weighted by Gasteiger charge is 2.35. The molecule has 3 aromatic carbocycles. The first kappa shape index (κ1) is 24.4. The molecular formula is C29H27NO4S. The maximum Gasteiger partial charge on any atom is 0.293 e. The summed E-state index contributed by atoms with van der Waals surface area (Å²) in [6.45, 7) is 6.50. The van der Waals surface area contributed by atoms with Crippen molar-refractivity contribution in [3.05, 3.63) is 112 Å². The van der Waals surface area contributed by atoms with Crippen molar-refractivity contribution in [3.8, 4) is 11.5 Å². The Hall–Kier alpha value is -3.77. The lowest BCUT2D eigenvalue weighted by Crippen LogP contribution is -2.27. The maximum atomic E-state index is 13.0. The van der Waals surface area contributed by atoms with Gasteiger partial charge in [-0.3, -0.25) is 14.5 Å². The van der Waals surface area contributed by atoms with Crippen LogP contribution in [0.5, 0.6) is 11.5 Å². The first-order chi connectivity index (χ1) is 17.0. The largest absolute Gasteiger partial charge is 0.493 e. The smallest absolute Gasteiger partial charge is 0.293 e. The molecule has 1 aliphatic heterocycles. The zero-order chi connectivity index (χ0) is 24.8. The monoisotopic (exact) mass is 485 g/mol. The fourth-order valence-electron chi connectivity index (χ4n) is 3.90. The standard InChI is InChI=1S/C29H27NO4S/c1-4-9-24-15-23(16-25(33-3)27(24)34-19-21-11-6-5-7-12-21)17-26-28(31)30(29(32)35-26)18-22-13-8-10-20(2)14-22/h4-8,10-17H,1,9,18-19H2,2-3H3/b26-17-. The number of methoxy groups -OCH3 is 1. The van der Waals surface area contributed by atoms with Crippen molar-refractivity contribution in [2.24, 2.45) is 0 Å². The molecule has 1 saturated heterocycles. The summed E-state index contributed by atoms with van der Waals surface area (Å²) in [4.78, 5) is 27.3. The van der Waals surface area contributed by atoms with E-state index < -0.39 is 0 Å². The number of thioether (sulfide) groups is 1. The predicted molar refractivity (Wildman–Crippen MR) is 140 cm³/mol. The molecule has 0 atom stereocenters. The molecule has 6 heteroatoms. The number of ether oxygens (including phenoxy) is 2. The summed E-state index contributed by atoms with van der Waals surface area (Å²) in [6.07, 6.45) is 4.10. The van der Waals surface area contributed by atoms with Crippen LogP contribution < -0.4 is 9.47 Å². The average Bonchev–Trinajstić information content (AvgIpc) is 3.11. The molecule has 0 aromatic heterocycles. The number of amides is 2. The van der Waals surface area contributed by atoms with Gasteiger partial charge in [0.25, 0.3) is 11.1 Å². The third-order valence-corrected chi connectivity index (χ3v) is 6.47. The van der Waals surface area contributed by atoms with Crippen LogP contribution in [0, 0.1) is 6.92 Å². The third-order valence-electron chi connectivity index (χ3n) is 5.56. The van der Waals surface area contributed by atoms with E-state index in [9.17, 15) is 9.59 Å². The van der Waals surface area contributed by atoms with Gasteiger partial charge in [-0.15, -0.1) is 6.58 Å². The van der Waals surface area contributed by atoms with Gasteiger partial charge in [0.1, 0.15) is 6.61 Å². The highest BCUT2D eigenvalue weighted by Crippen LogP contribution is 2.38. The molecule has 0 spiro atoms. The van der Waals surface area contributed by atoms with Gasteiger partial charge in [0.2, 0.25) is 0 Å². The molecule has 35 heavy (non-hydrogen) atoms. The van der Waals surface area contributed by atoms with Crippen molar-refractivity contribution in [1.82, 2.24) is 4.90 Å². The number of nitrogens with zero attached hydrogens (tertiary/aromatic N) is 1. The number of carbonyl (C=O) groups is 2. The number of allylic oxidation sites excluding steroid dienone is 1. The summed E-state index contributed by atoms with van der Waals surface area (Å²) >= 11 is 0.951. The second kappa shape index (κ2) is 11.1. The van der Waals surface area contributed by atoms with Gasteiger partial charge in [-0.25, -0.2) is 0 Å². The molecule has 0 radical (unpaired) electrons. The molecule has 0 bridgehead atoms. The van der Waals surface area contributed by atoms with Gasteiger partial charge >= 0.3 is 0 Å². The van der Waals surface area contributed by atoms with Crippen molar-refractivity contribution in [1.29, 1.82) is 0 Å². The Bertz CT molecular complexity index is 1280. The van der Waals surface area contributed by atoms with Crippen molar-refractivity contribution in [2.75, 3.05) is 7.11 Å². The Morgan fingerprint density at radius 2 is 1.77 bits per heavy atom. The summed E-state index contributed by atoms with van der Waals surface area (Å²) in [7, 11) is 1.59. The summed E-state index contributed by atoms with van der Waals surface area (Å²) < 4.78 is 11.8. The molecule has 4 rings (SSSR count). The van der Waals surface area contributed by atoms with Crippen LogP contribution in [0.3, 0.4) is 0 Å². The molecule has 0 aliphatic carbocycles. The molecule has 1 aliphatic rings. The fraction of sp³-hybridized carbons (Fsp3) is 0.172. The number of benzene rings is 3. The summed E-state index contributed by atoms with van der Waals surface area (Å²) in [5, 5.41) is -0.274. The molecule has 3 aromatic rings. The molecular weight excluding hydrogens is 458 g/mol. The molecule has 1 heterocycles. The third kappa shape index (κ3) is 5.84. The molecule has 0 saturated carbocycles. The summed E-state index contributed by atoms with van der Waals surface area (Å²) in [5.74, 6) is 0.904. The fourth-order valence-corrected chi connectivity index (χ4v) is 4.74. The minimum atomic E-state index is -0.296. The molecule has 0 N–H and O–H groups in total. The summed E-state index contributed by atoms with van der Waals surface area (Å²) in [6, 6.07) is 21.5. The van der Waals surface area contributed by atoms with E-state index in [2.05, 4.69) is 6.58 Å². The lowest BCUT2D eigenvalue weighted by atomic mass is 10.0. The lowest BCUT2D eigenvalue weighted by Gasteiger charge is -2.16. The molecule has 1 fully saturated rings. The minimum absolute atomic E-state index is 0.251. The van der Waals surface area contributed by atoms with Gasteiger partial charge in [-0.05, 0) is 60.0 Å². The zero-order valence-corrected chi connectivity index (χ0v) is 20.6. The SMILES string of the molecule is C=CCc1cc(/C=C2\SC(=O)N(Cc3cccc(C)c3)C2=O)cc(OC)c1OCc1ccccc1.